The molecule has 112 valence electrons. The number of hydrogen-bond acceptors (Lipinski definition) is 6. The van der Waals surface area contributed by atoms with E-state index >= 15 is 0 Å². The van der Waals surface area contributed by atoms with Crippen molar-refractivity contribution in [2.24, 2.45) is 0 Å². The molecule has 1 unspecified atom stereocenters. The molecule has 1 aliphatic heterocycles. The van der Waals surface area contributed by atoms with Gasteiger partial charge in [-0.25, -0.2) is 0 Å². The van der Waals surface area contributed by atoms with Crippen LogP contribution in [0.4, 0.5) is 0 Å². The van der Waals surface area contributed by atoms with Crippen LogP contribution in [0.5, 0.6) is 0 Å². The van der Waals surface area contributed by atoms with Gasteiger partial charge in [0.15, 0.2) is 6.29 Å². The average molecular weight is 305 g/mol. The first kappa shape index (κ1) is 15.7. The molecule has 0 spiro atoms. The summed E-state index contributed by atoms with van der Waals surface area (Å²) in [6.07, 6.45) is -5.86. The minimum Gasteiger partial charge on any atom is -0.394 e. The molecule has 7 heteroatoms. The van der Waals surface area contributed by atoms with E-state index in [0.717, 1.165) is 0 Å². The summed E-state index contributed by atoms with van der Waals surface area (Å²) >= 11 is 6.04. The molecule has 20 heavy (non-hydrogen) atoms. The molecule has 1 heterocycles. The van der Waals surface area contributed by atoms with E-state index in [1.807, 2.05) is 0 Å². The van der Waals surface area contributed by atoms with Gasteiger partial charge in [-0.3, -0.25) is 0 Å². The first-order chi connectivity index (χ1) is 9.54. The van der Waals surface area contributed by atoms with E-state index in [9.17, 15) is 15.3 Å². The van der Waals surface area contributed by atoms with Crippen LogP contribution >= 0.6 is 11.6 Å². The van der Waals surface area contributed by atoms with Gasteiger partial charge in [-0.05, 0) is 6.07 Å². The summed E-state index contributed by atoms with van der Waals surface area (Å²) in [5.41, 5.74) is 0.566. The maximum atomic E-state index is 9.86. The molecule has 1 aliphatic rings. The second-order valence-electron chi connectivity index (χ2n) is 4.60. The fourth-order valence-electron chi connectivity index (χ4n) is 2.02. The molecular formula is C13H17ClO6. The number of ether oxygens (including phenoxy) is 2. The number of halogens is 1. The van der Waals surface area contributed by atoms with Crippen LogP contribution in [-0.4, -0.2) is 58.1 Å². The van der Waals surface area contributed by atoms with E-state index in [4.69, 9.17) is 26.2 Å². The lowest BCUT2D eigenvalue weighted by molar-refractivity contribution is -0.284. The van der Waals surface area contributed by atoms with Gasteiger partial charge >= 0.3 is 0 Å². The molecule has 2 rings (SSSR count). The summed E-state index contributed by atoms with van der Waals surface area (Å²) < 4.78 is 10.8. The molecular weight excluding hydrogens is 288 g/mol. The third kappa shape index (κ3) is 3.29. The Morgan fingerprint density at radius 1 is 1.30 bits per heavy atom. The van der Waals surface area contributed by atoms with Gasteiger partial charge in [0.05, 0.1) is 13.2 Å². The number of aliphatic hydroxyl groups excluding tert-OH is 4. The highest BCUT2D eigenvalue weighted by Crippen LogP contribution is 2.32. The van der Waals surface area contributed by atoms with Crippen LogP contribution in [0, 0.1) is 0 Å². The highest BCUT2D eigenvalue weighted by molar-refractivity contribution is 6.31. The van der Waals surface area contributed by atoms with Crippen molar-refractivity contribution < 1.29 is 29.9 Å². The van der Waals surface area contributed by atoms with Crippen LogP contribution in [0.1, 0.15) is 11.9 Å². The van der Waals surface area contributed by atoms with Crippen molar-refractivity contribution in [1.82, 2.24) is 0 Å². The second kappa shape index (κ2) is 6.82. The normalized spacial score (nSPS) is 29.9. The quantitative estimate of drug-likeness (QED) is 0.616. The predicted octanol–water partition coefficient (Wildman–Crippen LogP) is -0.171. The number of aliphatic hydroxyl groups is 4. The molecule has 0 aromatic heterocycles. The molecule has 0 amide bonds. The van der Waals surface area contributed by atoms with Gasteiger partial charge in [-0.15, -0.1) is 0 Å². The Labute approximate surface area is 121 Å². The van der Waals surface area contributed by atoms with Crippen molar-refractivity contribution in [2.45, 2.75) is 30.7 Å². The zero-order chi connectivity index (χ0) is 14.7. The molecule has 6 nitrogen and oxygen atoms in total. The smallest absolute Gasteiger partial charge is 0.185 e. The maximum Gasteiger partial charge on any atom is 0.185 e. The summed E-state index contributed by atoms with van der Waals surface area (Å²) in [4.78, 5) is 0. The van der Waals surface area contributed by atoms with Gasteiger partial charge in [-0.1, -0.05) is 29.8 Å². The summed E-state index contributed by atoms with van der Waals surface area (Å²) in [5.74, 6) is 0. The fraction of sp³-hybridized carbons (Fsp3) is 0.538. The van der Waals surface area contributed by atoms with Crippen LogP contribution < -0.4 is 0 Å². The van der Waals surface area contributed by atoms with Gasteiger partial charge in [0, 0.05) is 10.6 Å². The number of benzene rings is 1. The molecule has 5 atom stereocenters. The van der Waals surface area contributed by atoms with E-state index in [-0.39, 0.29) is 6.61 Å². The van der Waals surface area contributed by atoms with Crippen LogP contribution in [0.25, 0.3) is 0 Å². The highest BCUT2D eigenvalue weighted by Gasteiger charge is 2.39. The summed E-state index contributed by atoms with van der Waals surface area (Å²) in [5, 5.41) is 38.4. The SMILES string of the molecule is OC[C@H](O)[C@H](O)[C@H]1OC(c2ccccc2Cl)OC[C@H]1O. The minimum absolute atomic E-state index is 0.0736. The zero-order valence-electron chi connectivity index (χ0n) is 10.6. The van der Waals surface area contributed by atoms with E-state index in [2.05, 4.69) is 0 Å². The van der Waals surface area contributed by atoms with Gasteiger partial charge in [-0.2, -0.15) is 0 Å². The third-order valence-corrected chi connectivity index (χ3v) is 3.50. The molecule has 4 N–H and O–H groups in total. The molecule has 1 aromatic rings. The second-order valence-corrected chi connectivity index (χ2v) is 5.00. The van der Waals surface area contributed by atoms with E-state index in [1.54, 1.807) is 24.3 Å². The Bertz CT molecular complexity index is 443. The molecule has 0 radical (unpaired) electrons. The van der Waals surface area contributed by atoms with E-state index in [0.29, 0.717) is 10.6 Å². The zero-order valence-corrected chi connectivity index (χ0v) is 11.3. The molecule has 1 fully saturated rings. The van der Waals surface area contributed by atoms with Crippen LogP contribution in [0.15, 0.2) is 24.3 Å². The third-order valence-electron chi connectivity index (χ3n) is 3.16. The van der Waals surface area contributed by atoms with Crippen molar-refractivity contribution in [2.75, 3.05) is 13.2 Å². The average Bonchev–Trinajstić information content (AvgIpc) is 2.47. The van der Waals surface area contributed by atoms with Crippen LogP contribution in [-0.2, 0) is 9.47 Å². The Morgan fingerprint density at radius 3 is 2.65 bits per heavy atom. The summed E-state index contributed by atoms with van der Waals surface area (Å²) in [7, 11) is 0. The predicted molar refractivity (Wildman–Crippen MR) is 70.1 cm³/mol. The topological polar surface area (TPSA) is 99.4 Å². The first-order valence-corrected chi connectivity index (χ1v) is 6.59. The number of rotatable bonds is 4. The first-order valence-electron chi connectivity index (χ1n) is 6.21. The number of hydrogen-bond donors (Lipinski definition) is 4. The summed E-state index contributed by atoms with van der Waals surface area (Å²) in [6, 6.07) is 6.89. The lowest BCUT2D eigenvalue weighted by Crippen LogP contribution is -2.52. The van der Waals surface area contributed by atoms with Crippen LogP contribution in [0.2, 0.25) is 5.02 Å². The Morgan fingerprint density at radius 2 is 2.00 bits per heavy atom. The molecule has 0 bridgehead atoms. The van der Waals surface area contributed by atoms with Gasteiger partial charge in [0.25, 0.3) is 0 Å². The van der Waals surface area contributed by atoms with Gasteiger partial charge in [0.1, 0.15) is 24.4 Å². The van der Waals surface area contributed by atoms with Crippen molar-refractivity contribution in [3.8, 4) is 0 Å². The highest BCUT2D eigenvalue weighted by atomic mass is 35.5. The minimum atomic E-state index is -1.43. The molecule has 1 saturated heterocycles. The fourth-order valence-corrected chi connectivity index (χ4v) is 2.24. The lowest BCUT2D eigenvalue weighted by atomic mass is 10.0. The van der Waals surface area contributed by atoms with Gasteiger partial charge < -0.3 is 29.9 Å². The van der Waals surface area contributed by atoms with Crippen molar-refractivity contribution in [3.05, 3.63) is 34.9 Å². The van der Waals surface area contributed by atoms with Crippen LogP contribution in [0.3, 0.4) is 0 Å². The lowest BCUT2D eigenvalue weighted by Gasteiger charge is -2.37. The van der Waals surface area contributed by atoms with Crippen molar-refractivity contribution in [1.29, 1.82) is 0 Å². The molecule has 1 aromatic carbocycles. The maximum absolute atomic E-state index is 9.86. The molecule has 0 saturated carbocycles. The van der Waals surface area contributed by atoms with E-state index < -0.39 is 37.3 Å². The summed E-state index contributed by atoms with van der Waals surface area (Å²) in [6.45, 7) is -0.707. The largest absolute Gasteiger partial charge is 0.394 e. The molecule has 0 aliphatic carbocycles. The standard InChI is InChI=1S/C13H17ClO6/c14-8-4-2-1-3-7(8)13-19-6-10(17)12(20-13)11(18)9(16)5-15/h1-4,9-13,15-18H,5-6H2/t9-,10+,11-,12-,13?/m0/s1. The Balaban J connectivity index is 2.14. The monoisotopic (exact) mass is 304 g/mol. The van der Waals surface area contributed by atoms with Crippen molar-refractivity contribution in [3.63, 3.8) is 0 Å². The van der Waals surface area contributed by atoms with Crippen molar-refractivity contribution >= 4 is 11.6 Å². The Kier molecular flexibility index (Phi) is 5.34. The Hall–Kier alpha value is -0.730. The van der Waals surface area contributed by atoms with Gasteiger partial charge in [0.2, 0.25) is 0 Å². The van der Waals surface area contributed by atoms with E-state index in [1.165, 1.54) is 0 Å².